The minimum absolute atomic E-state index is 0.235. The molecule has 4 aliphatic carbocycles. The number of para-hydroxylation sites is 4. The Labute approximate surface area is 219 Å². The molecule has 2 fully saturated rings. The van der Waals surface area contributed by atoms with Crippen LogP contribution in [0.3, 0.4) is 0 Å². The standard InChI is InChI=1S/C33H36N4/c1-32-17-15-23(36-20-34-27-7-3-5-9-29(27)36)19-22(32)11-12-24-25-13-14-31(33(25,2)18-16-26(24)32)37-21-35-28-8-4-6-10-30(28)37/h3-11,14,20-21,23-26H,12-13,15-19H2,1-2H3/t23?,24-,25-,26-,32-,33-/m0/s1. The first-order chi connectivity index (χ1) is 18.1. The summed E-state index contributed by atoms with van der Waals surface area (Å²) in [4.78, 5) is 9.43. The Morgan fingerprint density at radius 3 is 2.35 bits per heavy atom. The molecular formula is C33H36N4. The normalized spacial score (nSPS) is 35.1. The molecule has 2 saturated carbocycles. The Hall–Kier alpha value is -3.14. The van der Waals surface area contributed by atoms with Crippen LogP contribution < -0.4 is 0 Å². The highest BCUT2D eigenvalue weighted by atomic mass is 15.1. The minimum atomic E-state index is 0.235. The van der Waals surface area contributed by atoms with Crippen LogP contribution in [0.25, 0.3) is 27.8 Å². The first-order valence-electron chi connectivity index (χ1n) is 14.3. The van der Waals surface area contributed by atoms with Crippen molar-refractivity contribution in [1.82, 2.24) is 19.1 Å². The molecule has 2 aromatic heterocycles. The largest absolute Gasteiger partial charge is 0.327 e. The van der Waals surface area contributed by atoms with Crippen molar-refractivity contribution in [2.75, 3.05) is 0 Å². The number of allylic oxidation sites excluding steroid dienone is 4. The summed E-state index contributed by atoms with van der Waals surface area (Å²) in [5.41, 5.74) is 8.58. The Balaban J connectivity index is 1.09. The maximum Gasteiger partial charge on any atom is 0.100 e. The fourth-order valence-corrected chi connectivity index (χ4v) is 9.22. The van der Waals surface area contributed by atoms with E-state index >= 15 is 0 Å². The van der Waals surface area contributed by atoms with Gasteiger partial charge in [0.25, 0.3) is 0 Å². The van der Waals surface area contributed by atoms with Crippen molar-refractivity contribution in [2.45, 2.75) is 64.8 Å². The molecule has 8 rings (SSSR count). The lowest BCUT2D eigenvalue weighted by Crippen LogP contribution is -2.49. The molecule has 4 nitrogen and oxygen atoms in total. The summed E-state index contributed by atoms with van der Waals surface area (Å²) in [5.74, 6) is 2.31. The maximum atomic E-state index is 4.73. The third-order valence-corrected chi connectivity index (χ3v) is 11.2. The van der Waals surface area contributed by atoms with Crippen LogP contribution in [-0.4, -0.2) is 19.1 Å². The summed E-state index contributed by atoms with van der Waals surface area (Å²) in [5, 5.41) is 0. The van der Waals surface area contributed by atoms with E-state index in [0.717, 1.165) is 28.8 Å². The van der Waals surface area contributed by atoms with E-state index in [-0.39, 0.29) is 5.41 Å². The van der Waals surface area contributed by atoms with Crippen molar-refractivity contribution in [3.63, 3.8) is 0 Å². The predicted molar refractivity (Wildman–Crippen MR) is 150 cm³/mol. The summed E-state index contributed by atoms with van der Waals surface area (Å²) in [6, 6.07) is 17.7. The summed E-state index contributed by atoms with van der Waals surface area (Å²) in [6.07, 6.45) is 18.2. The molecule has 4 aromatic rings. The fourth-order valence-electron chi connectivity index (χ4n) is 9.22. The second-order valence-electron chi connectivity index (χ2n) is 12.7. The van der Waals surface area contributed by atoms with E-state index in [0.29, 0.717) is 11.5 Å². The SMILES string of the molecule is C[C@]12CCC(n3cnc4ccccc43)CC1=CC[C@@H]1[C@@H]2CC[C@]2(C)C(n3cnc4ccccc43)=CC[C@@H]12. The van der Waals surface area contributed by atoms with Gasteiger partial charge in [0.2, 0.25) is 0 Å². The van der Waals surface area contributed by atoms with Gasteiger partial charge < -0.3 is 9.13 Å². The van der Waals surface area contributed by atoms with E-state index in [4.69, 9.17) is 9.97 Å². The molecule has 6 atom stereocenters. The number of imidazole rings is 2. The minimum Gasteiger partial charge on any atom is -0.327 e. The summed E-state index contributed by atoms with van der Waals surface area (Å²) >= 11 is 0. The lowest BCUT2D eigenvalue weighted by molar-refractivity contribution is -0.0150. The third kappa shape index (κ3) is 2.96. The average molecular weight is 489 g/mol. The average Bonchev–Trinajstić information content (AvgIpc) is 3.63. The molecule has 1 unspecified atom stereocenters. The van der Waals surface area contributed by atoms with E-state index in [9.17, 15) is 0 Å². The molecule has 2 heterocycles. The van der Waals surface area contributed by atoms with Crippen LogP contribution in [0.2, 0.25) is 0 Å². The van der Waals surface area contributed by atoms with Gasteiger partial charge in [-0.25, -0.2) is 9.97 Å². The van der Waals surface area contributed by atoms with Gasteiger partial charge in [0, 0.05) is 17.2 Å². The summed E-state index contributed by atoms with van der Waals surface area (Å²) < 4.78 is 4.87. The predicted octanol–water partition coefficient (Wildman–Crippen LogP) is 8.04. The molecule has 0 saturated heterocycles. The number of aromatic nitrogens is 4. The maximum absolute atomic E-state index is 4.73. The lowest BCUT2D eigenvalue weighted by Gasteiger charge is -2.58. The van der Waals surface area contributed by atoms with Crippen LogP contribution in [0.15, 0.2) is 78.9 Å². The monoisotopic (exact) mass is 488 g/mol. The molecule has 37 heavy (non-hydrogen) atoms. The Morgan fingerprint density at radius 1 is 0.757 bits per heavy atom. The van der Waals surface area contributed by atoms with Gasteiger partial charge in [-0.2, -0.15) is 0 Å². The highest BCUT2D eigenvalue weighted by Gasteiger charge is 2.57. The molecule has 188 valence electrons. The quantitative estimate of drug-likeness (QED) is 0.268. The van der Waals surface area contributed by atoms with Crippen molar-refractivity contribution in [3.05, 3.63) is 78.9 Å². The lowest BCUT2D eigenvalue weighted by atomic mass is 9.47. The molecule has 0 radical (unpaired) electrons. The molecular weight excluding hydrogens is 452 g/mol. The Morgan fingerprint density at radius 2 is 1.49 bits per heavy atom. The van der Waals surface area contributed by atoms with Gasteiger partial charge in [0.05, 0.1) is 28.4 Å². The first kappa shape index (κ1) is 21.9. The van der Waals surface area contributed by atoms with Crippen LogP contribution in [0, 0.1) is 28.6 Å². The zero-order chi connectivity index (χ0) is 24.8. The smallest absolute Gasteiger partial charge is 0.100 e. The molecule has 0 spiro atoms. The molecule has 2 aromatic carbocycles. The van der Waals surface area contributed by atoms with Crippen molar-refractivity contribution in [1.29, 1.82) is 0 Å². The van der Waals surface area contributed by atoms with Crippen LogP contribution in [0.5, 0.6) is 0 Å². The number of benzene rings is 2. The zero-order valence-corrected chi connectivity index (χ0v) is 22.0. The number of rotatable bonds is 2. The van der Waals surface area contributed by atoms with Crippen LogP contribution in [0.1, 0.15) is 64.8 Å². The topological polar surface area (TPSA) is 35.6 Å². The van der Waals surface area contributed by atoms with E-state index in [2.05, 4.69) is 96.3 Å². The van der Waals surface area contributed by atoms with E-state index in [1.807, 2.05) is 0 Å². The van der Waals surface area contributed by atoms with E-state index < -0.39 is 0 Å². The van der Waals surface area contributed by atoms with Gasteiger partial charge in [-0.15, -0.1) is 0 Å². The highest BCUT2D eigenvalue weighted by Crippen LogP contribution is 2.66. The highest BCUT2D eigenvalue weighted by molar-refractivity contribution is 5.80. The van der Waals surface area contributed by atoms with Crippen LogP contribution >= 0.6 is 0 Å². The molecule has 4 heteroatoms. The zero-order valence-electron chi connectivity index (χ0n) is 22.0. The first-order valence-corrected chi connectivity index (χ1v) is 14.3. The van der Waals surface area contributed by atoms with E-state index in [1.165, 1.54) is 61.7 Å². The number of nitrogens with zero attached hydrogens (tertiary/aromatic N) is 4. The van der Waals surface area contributed by atoms with Gasteiger partial charge in [-0.05, 0) is 92.4 Å². The molecule has 0 amide bonds. The van der Waals surface area contributed by atoms with Gasteiger partial charge in [0.15, 0.2) is 0 Å². The number of hydrogen-bond acceptors (Lipinski definition) is 2. The Kier molecular flexibility index (Phi) is 4.55. The second-order valence-corrected chi connectivity index (χ2v) is 12.7. The van der Waals surface area contributed by atoms with Crippen molar-refractivity contribution in [2.24, 2.45) is 28.6 Å². The fraction of sp³-hybridized carbons (Fsp3) is 0.455. The Bertz CT molecular complexity index is 1590. The number of hydrogen-bond donors (Lipinski definition) is 0. The van der Waals surface area contributed by atoms with Crippen LogP contribution in [0.4, 0.5) is 0 Å². The third-order valence-electron chi connectivity index (χ3n) is 11.2. The van der Waals surface area contributed by atoms with E-state index in [1.54, 1.807) is 5.57 Å². The van der Waals surface area contributed by atoms with Gasteiger partial charge in [-0.3, -0.25) is 0 Å². The van der Waals surface area contributed by atoms with Crippen LogP contribution in [-0.2, 0) is 0 Å². The summed E-state index contributed by atoms with van der Waals surface area (Å²) in [7, 11) is 0. The molecule has 0 bridgehead atoms. The van der Waals surface area contributed by atoms with Gasteiger partial charge in [0.1, 0.15) is 6.33 Å². The molecule has 0 aliphatic heterocycles. The second kappa shape index (κ2) is 7.69. The van der Waals surface area contributed by atoms with Crippen molar-refractivity contribution < 1.29 is 0 Å². The molecule has 4 aliphatic rings. The summed E-state index contributed by atoms with van der Waals surface area (Å²) in [6.45, 7) is 5.18. The van der Waals surface area contributed by atoms with Crippen molar-refractivity contribution in [3.8, 4) is 0 Å². The number of fused-ring (bicyclic) bond motifs is 7. The molecule has 0 N–H and O–H groups in total. The van der Waals surface area contributed by atoms with Gasteiger partial charge >= 0.3 is 0 Å². The van der Waals surface area contributed by atoms with Gasteiger partial charge in [-0.1, -0.05) is 55.8 Å². The van der Waals surface area contributed by atoms with Crippen molar-refractivity contribution >= 4 is 27.8 Å².